The molecule has 1 aliphatic heterocycles. The number of benzene rings is 1. The fourth-order valence-electron chi connectivity index (χ4n) is 1.88. The average Bonchev–Trinajstić information content (AvgIpc) is 2.40. The highest BCUT2D eigenvalue weighted by atomic mass is 32.3. The fraction of sp³-hybridized carbons (Fsp3) is 0.417. The maximum Gasteiger partial charge on any atom is 0.488 e. The lowest BCUT2D eigenvalue weighted by molar-refractivity contribution is 0.0772. The van der Waals surface area contributed by atoms with E-state index in [1.165, 1.54) is 12.1 Å². The van der Waals surface area contributed by atoms with Crippen LogP contribution in [-0.4, -0.2) is 43.8 Å². The third kappa shape index (κ3) is 3.86. The molecule has 0 spiro atoms. The van der Waals surface area contributed by atoms with Crippen LogP contribution in [0.4, 0.5) is 3.89 Å². The van der Waals surface area contributed by atoms with Gasteiger partial charge in [0.1, 0.15) is 5.75 Å². The molecule has 110 valence electrons. The Morgan fingerprint density at radius 1 is 1.35 bits per heavy atom. The van der Waals surface area contributed by atoms with E-state index in [1.807, 2.05) is 0 Å². The Morgan fingerprint density at radius 3 is 2.60 bits per heavy atom. The van der Waals surface area contributed by atoms with Crippen LogP contribution in [0.5, 0.6) is 5.75 Å². The summed E-state index contributed by atoms with van der Waals surface area (Å²) in [7, 11) is -5.10. The van der Waals surface area contributed by atoms with Crippen molar-refractivity contribution < 1.29 is 21.3 Å². The monoisotopic (exact) mass is 319 g/mol. The van der Waals surface area contributed by atoms with Crippen molar-refractivity contribution in [1.29, 1.82) is 0 Å². The van der Waals surface area contributed by atoms with Crippen molar-refractivity contribution in [2.45, 2.75) is 6.92 Å². The second kappa shape index (κ2) is 6.01. The predicted molar refractivity (Wildman–Crippen MR) is 75.1 cm³/mol. The standard InChI is InChI=1S/C12H14FNO4S2/c1-9-2-3-10(8-11(9)18-20(13,16)17)12(15)14-4-6-19-7-5-14/h2-3,8H,4-7H2,1H3. The van der Waals surface area contributed by atoms with Crippen LogP contribution in [0, 0.1) is 6.92 Å². The molecule has 0 saturated carbocycles. The van der Waals surface area contributed by atoms with Crippen LogP contribution in [0.1, 0.15) is 15.9 Å². The highest BCUT2D eigenvalue weighted by Gasteiger charge is 2.20. The average molecular weight is 319 g/mol. The number of carbonyl (C=O) groups is 1. The van der Waals surface area contributed by atoms with Crippen molar-refractivity contribution in [3.05, 3.63) is 29.3 Å². The molecule has 0 atom stereocenters. The molecule has 0 N–H and O–H groups in total. The van der Waals surface area contributed by atoms with Gasteiger partial charge < -0.3 is 9.08 Å². The van der Waals surface area contributed by atoms with Crippen molar-refractivity contribution in [3.8, 4) is 5.75 Å². The van der Waals surface area contributed by atoms with E-state index in [-0.39, 0.29) is 11.7 Å². The molecule has 0 bridgehead atoms. The van der Waals surface area contributed by atoms with Crippen LogP contribution in [0.3, 0.4) is 0 Å². The van der Waals surface area contributed by atoms with Gasteiger partial charge in [0, 0.05) is 30.2 Å². The second-order valence-corrected chi connectivity index (χ2v) is 6.54. The summed E-state index contributed by atoms with van der Waals surface area (Å²) in [4.78, 5) is 13.9. The number of carbonyl (C=O) groups excluding carboxylic acids is 1. The Bertz CT molecular complexity index is 612. The Kier molecular flexibility index (Phi) is 4.54. The molecule has 1 aliphatic rings. The third-order valence-corrected chi connectivity index (χ3v) is 4.24. The second-order valence-electron chi connectivity index (χ2n) is 4.36. The lowest BCUT2D eigenvalue weighted by Gasteiger charge is -2.26. The number of aryl methyl sites for hydroxylation is 1. The highest BCUT2D eigenvalue weighted by molar-refractivity contribution is 7.99. The molecule has 1 aromatic rings. The zero-order valence-electron chi connectivity index (χ0n) is 10.8. The Balaban J connectivity index is 2.24. The van der Waals surface area contributed by atoms with Gasteiger partial charge in [-0.25, -0.2) is 0 Å². The molecular weight excluding hydrogens is 305 g/mol. The first-order valence-electron chi connectivity index (χ1n) is 5.98. The van der Waals surface area contributed by atoms with Crippen molar-refractivity contribution in [3.63, 3.8) is 0 Å². The van der Waals surface area contributed by atoms with Gasteiger partial charge in [-0.1, -0.05) is 9.95 Å². The topological polar surface area (TPSA) is 63.7 Å². The van der Waals surface area contributed by atoms with Crippen molar-refractivity contribution in [2.75, 3.05) is 24.6 Å². The summed E-state index contributed by atoms with van der Waals surface area (Å²) in [5, 5.41) is 0. The van der Waals surface area contributed by atoms with E-state index in [0.29, 0.717) is 24.2 Å². The molecule has 1 heterocycles. The number of nitrogens with zero attached hydrogens (tertiary/aromatic N) is 1. The van der Waals surface area contributed by atoms with Crippen LogP contribution in [0.25, 0.3) is 0 Å². The first-order valence-corrected chi connectivity index (χ1v) is 8.45. The molecular formula is C12H14FNO4S2. The van der Waals surface area contributed by atoms with Gasteiger partial charge in [-0.3, -0.25) is 4.79 Å². The Morgan fingerprint density at radius 2 is 2.00 bits per heavy atom. The number of halogens is 1. The van der Waals surface area contributed by atoms with Gasteiger partial charge in [0.25, 0.3) is 5.91 Å². The van der Waals surface area contributed by atoms with Gasteiger partial charge in [-0.05, 0) is 24.6 Å². The van der Waals surface area contributed by atoms with Gasteiger partial charge in [0.15, 0.2) is 0 Å². The van der Waals surface area contributed by atoms with Crippen LogP contribution in [0.15, 0.2) is 18.2 Å². The summed E-state index contributed by atoms with van der Waals surface area (Å²) in [5.41, 5.74) is 0.734. The van der Waals surface area contributed by atoms with Crippen molar-refractivity contribution >= 4 is 28.2 Å². The summed E-state index contributed by atoms with van der Waals surface area (Å²) in [6.45, 7) is 2.87. The van der Waals surface area contributed by atoms with Crippen LogP contribution >= 0.6 is 11.8 Å². The van der Waals surface area contributed by atoms with Gasteiger partial charge in [0.2, 0.25) is 0 Å². The maximum atomic E-state index is 12.6. The first kappa shape index (κ1) is 15.1. The zero-order chi connectivity index (χ0) is 14.8. The van der Waals surface area contributed by atoms with Crippen LogP contribution in [-0.2, 0) is 10.5 Å². The van der Waals surface area contributed by atoms with E-state index in [2.05, 4.69) is 4.18 Å². The van der Waals surface area contributed by atoms with Gasteiger partial charge >= 0.3 is 10.5 Å². The summed E-state index contributed by atoms with van der Waals surface area (Å²) in [5.74, 6) is 1.38. The molecule has 0 radical (unpaired) electrons. The molecule has 0 aromatic heterocycles. The highest BCUT2D eigenvalue weighted by Crippen LogP contribution is 2.23. The Labute approximate surface area is 121 Å². The molecule has 1 aromatic carbocycles. The fourth-order valence-corrected chi connectivity index (χ4v) is 3.18. The molecule has 0 unspecified atom stereocenters. The smallest absolute Gasteiger partial charge is 0.358 e. The van der Waals surface area contributed by atoms with Crippen LogP contribution in [0.2, 0.25) is 0 Å². The van der Waals surface area contributed by atoms with E-state index < -0.39 is 10.5 Å². The largest absolute Gasteiger partial charge is 0.488 e. The van der Waals surface area contributed by atoms with E-state index in [1.54, 1.807) is 29.7 Å². The minimum Gasteiger partial charge on any atom is -0.358 e. The molecule has 5 nitrogen and oxygen atoms in total. The summed E-state index contributed by atoms with van der Waals surface area (Å²) < 4.78 is 37.9. The van der Waals surface area contributed by atoms with E-state index >= 15 is 0 Å². The number of hydrogen-bond donors (Lipinski definition) is 0. The summed E-state index contributed by atoms with van der Waals surface area (Å²) in [6.07, 6.45) is 0. The first-order chi connectivity index (χ1) is 9.37. The zero-order valence-corrected chi connectivity index (χ0v) is 12.5. The lowest BCUT2D eigenvalue weighted by atomic mass is 10.1. The predicted octanol–water partition coefficient (Wildman–Crippen LogP) is 1.78. The molecule has 0 aliphatic carbocycles. The minimum atomic E-state index is -5.10. The molecule has 1 saturated heterocycles. The Hall–Kier alpha value is -1.28. The molecule has 20 heavy (non-hydrogen) atoms. The van der Waals surface area contributed by atoms with Crippen LogP contribution < -0.4 is 4.18 Å². The normalized spacial score (nSPS) is 16.0. The van der Waals surface area contributed by atoms with Gasteiger partial charge in [-0.15, -0.1) is 0 Å². The molecule has 8 heteroatoms. The number of thioether (sulfide) groups is 1. The van der Waals surface area contributed by atoms with Gasteiger partial charge in [0.05, 0.1) is 0 Å². The lowest BCUT2D eigenvalue weighted by Crippen LogP contribution is -2.37. The van der Waals surface area contributed by atoms with Crippen molar-refractivity contribution in [1.82, 2.24) is 4.90 Å². The van der Waals surface area contributed by atoms with Crippen molar-refractivity contribution in [2.24, 2.45) is 0 Å². The summed E-state index contributed by atoms with van der Waals surface area (Å²) >= 11 is 1.78. The molecule has 2 rings (SSSR count). The maximum absolute atomic E-state index is 12.6. The molecule has 1 amide bonds. The third-order valence-electron chi connectivity index (χ3n) is 2.92. The summed E-state index contributed by atoms with van der Waals surface area (Å²) in [6, 6.07) is 4.38. The molecule has 1 fully saturated rings. The SMILES string of the molecule is Cc1ccc(C(=O)N2CCSCC2)cc1OS(=O)(=O)F. The number of rotatable bonds is 3. The van der Waals surface area contributed by atoms with Gasteiger partial charge in [-0.2, -0.15) is 20.2 Å². The quantitative estimate of drug-likeness (QED) is 0.795. The minimum absolute atomic E-state index is 0.162. The van der Waals surface area contributed by atoms with E-state index in [9.17, 15) is 17.1 Å². The number of amides is 1. The van der Waals surface area contributed by atoms with E-state index in [0.717, 1.165) is 11.5 Å². The van der Waals surface area contributed by atoms with E-state index in [4.69, 9.17) is 0 Å². The number of hydrogen-bond acceptors (Lipinski definition) is 5.